The molecule has 0 fully saturated rings. The lowest BCUT2D eigenvalue weighted by Crippen LogP contribution is -2.04. The Labute approximate surface area is 149 Å². The number of hydrogen-bond donors (Lipinski definition) is 0. The molecular formula is C15H17Cl3FNO3. The van der Waals surface area contributed by atoms with E-state index < -0.39 is 5.82 Å². The summed E-state index contributed by atoms with van der Waals surface area (Å²) in [5, 5.41) is 3.89. The zero-order valence-corrected chi connectivity index (χ0v) is 15.0. The Kier molecular flexibility index (Phi) is 9.14. The van der Waals surface area contributed by atoms with Crippen LogP contribution in [0.3, 0.4) is 0 Å². The van der Waals surface area contributed by atoms with E-state index in [1.807, 2.05) is 13.8 Å². The molecule has 0 atom stereocenters. The van der Waals surface area contributed by atoms with Crippen LogP contribution in [0.5, 0.6) is 11.5 Å². The van der Waals surface area contributed by atoms with Gasteiger partial charge in [0.05, 0.1) is 17.3 Å². The molecule has 0 aliphatic rings. The molecule has 0 saturated heterocycles. The van der Waals surface area contributed by atoms with Gasteiger partial charge in [-0.25, -0.2) is 4.39 Å². The molecule has 0 unspecified atom stereocenters. The minimum atomic E-state index is -0.614. The van der Waals surface area contributed by atoms with Gasteiger partial charge in [0, 0.05) is 18.6 Å². The highest BCUT2D eigenvalue weighted by Gasteiger charge is 2.12. The number of hydrogen-bond acceptors (Lipinski definition) is 4. The topological polar surface area (TPSA) is 40.0 Å². The summed E-state index contributed by atoms with van der Waals surface area (Å²) in [6.07, 6.45) is 1.98. The van der Waals surface area contributed by atoms with Crippen molar-refractivity contribution < 1.29 is 18.7 Å². The van der Waals surface area contributed by atoms with Gasteiger partial charge in [0.15, 0.2) is 11.6 Å². The van der Waals surface area contributed by atoms with Crippen LogP contribution in [0.2, 0.25) is 5.02 Å². The zero-order valence-electron chi connectivity index (χ0n) is 12.7. The van der Waals surface area contributed by atoms with Gasteiger partial charge in [-0.15, -0.1) is 0 Å². The standard InChI is InChI=1S/C15H17Cl3FNO3/c1-10(2)20-23-6-3-5-22-15-12(16)8-11(9-13(15)19)21-7-4-14(17)18/h4,8-9H,3,5-7H2,1-2H3. The molecule has 0 bridgehead atoms. The van der Waals surface area contributed by atoms with Crippen molar-refractivity contribution in [2.45, 2.75) is 20.3 Å². The third-order valence-corrected chi connectivity index (χ3v) is 2.92. The van der Waals surface area contributed by atoms with Crippen molar-refractivity contribution in [2.75, 3.05) is 19.8 Å². The normalized spacial score (nSPS) is 10.0. The molecule has 0 N–H and O–H groups in total. The van der Waals surface area contributed by atoms with Crippen molar-refractivity contribution in [1.29, 1.82) is 0 Å². The number of oxime groups is 1. The molecule has 1 aromatic carbocycles. The van der Waals surface area contributed by atoms with E-state index in [-0.39, 0.29) is 34.2 Å². The fourth-order valence-corrected chi connectivity index (χ4v) is 1.81. The molecule has 0 radical (unpaired) electrons. The van der Waals surface area contributed by atoms with E-state index in [1.165, 1.54) is 18.2 Å². The SMILES string of the molecule is CC(C)=NOCCCOc1c(F)cc(OCC=C(Cl)Cl)cc1Cl. The van der Waals surface area contributed by atoms with Gasteiger partial charge in [-0.2, -0.15) is 0 Å². The van der Waals surface area contributed by atoms with Crippen LogP contribution in [0, 0.1) is 5.82 Å². The van der Waals surface area contributed by atoms with Crippen molar-refractivity contribution in [3.63, 3.8) is 0 Å². The summed E-state index contributed by atoms with van der Waals surface area (Å²) >= 11 is 16.9. The summed E-state index contributed by atoms with van der Waals surface area (Å²) in [7, 11) is 0. The second kappa shape index (κ2) is 10.6. The highest BCUT2D eigenvalue weighted by Crippen LogP contribution is 2.32. The van der Waals surface area contributed by atoms with Crippen molar-refractivity contribution in [2.24, 2.45) is 5.16 Å². The summed E-state index contributed by atoms with van der Waals surface area (Å²) in [4.78, 5) is 5.01. The average Bonchev–Trinajstić information content (AvgIpc) is 2.44. The Hall–Kier alpha value is -1.17. The molecule has 4 nitrogen and oxygen atoms in total. The molecule has 0 saturated carbocycles. The van der Waals surface area contributed by atoms with Crippen LogP contribution in [0.15, 0.2) is 27.9 Å². The average molecular weight is 385 g/mol. The first-order valence-corrected chi connectivity index (χ1v) is 7.92. The number of ether oxygens (including phenoxy) is 2. The fraction of sp³-hybridized carbons (Fsp3) is 0.400. The smallest absolute Gasteiger partial charge is 0.173 e. The van der Waals surface area contributed by atoms with Crippen molar-refractivity contribution in [3.05, 3.63) is 33.5 Å². The Morgan fingerprint density at radius 1 is 1.22 bits per heavy atom. The monoisotopic (exact) mass is 383 g/mol. The van der Waals surface area contributed by atoms with Crippen molar-refractivity contribution in [3.8, 4) is 11.5 Å². The van der Waals surface area contributed by atoms with Gasteiger partial charge in [-0.05, 0) is 19.9 Å². The molecule has 23 heavy (non-hydrogen) atoms. The molecule has 0 heterocycles. The Balaban J connectivity index is 2.50. The Morgan fingerprint density at radius 2 is 1.96 bits per heavy atom. The highest BCUT2D eigenvalue weighted by atomic mass is 35.5. The lowest BCUT2D eigenvalue weighted by atomic mass is 10.3. The Morgan fingerprint density at radius 3 is 2.57 bits per heavy atom. The van der Waals surface area contributed by atoms with Crippen LogP contribution >= 0.6 is 34.8 Å². The summed E-state index contributed by atoms with van der Waals surface area (Å²) in [6.45, 7) is 4.38. The van der Waals surface area contributed by atoms with Crippen LogP contribution in [0.4, 0.5) is 4.39 Å². The second-order valence-electron chi connectivity index (χ2n) is 4.59. The lowest BCUT2D eigenvalue weighted by molar-refractivity contribution is 0.126. The van der Waals surface area contributed by atoms with E-state index in [9.17, 15) is 4.39 Å². The first-order chi connectivity index (χ1) is 10.9. The summed E-state index contributed by atoms with van der Waals surface area (Å²) in [6, 6.07) is 2.63. The third-order valence-electron chi connectivity index (χ3n) is 2.33. The van der Waals surface area contributed by atoms with Gasteiger partial charge in [0.1, 0.15) is 23.5 Å². The van der Waals surface area contributed by atoms with E-state index in [1.54, 1.807) is 0 Å². The maximum atomic E-state index is 14.0. The molecule has 1 aromatic rings. The maximum absolute atomic E-state index is 14.0. The molecule has 1 rings (SSSR count). The van der Waals surface area contributed by atoms with E-state index in [4.69, 9.17) is 49.1 Å². The van der Waals surface area contributed by atoms with Crippen LogP contribution < -0.4 is 9.47 Å². The predicted molar refractivity (Wildman–Crippen MR) is 91.5 cm³/mol. The quantitative estimate of drug-likeness (QED) is 0.327. The molecule has 0 spiro atoms. The Bertz CT molecular complexity index is 548. The third kappa shape index (κ3) is 8.30. The summed E-state index contributed by atoms with van der Waals surface area (Å²) in [5.41, 5.74) is 0.820. The number of rotatable bonds is 9. The molecule has 8 heteroatoms. The second-order valence-corrected chi connectivity index (χ2v) is 6.01. The van der Waals surface area contributed by atoms with Gasteiger partial charge < -0.3 is 14.3 Å². The molecule has 128 valence electrons. The summed E-state index contributed by atoms with van der Waals surface area (Å²) in [5.74, 6) is -0.390. The van der Waals surface area contributed by atoms with Gasteiger partial charge in [0.25, 0.3) is 0 Å². The first-order valence-electron chi connectivity index (χ1n) is 6.79. The van der Waals surface area contributed by atoms with E-state index in [0.717, 1.165) is 5.71 Å². The van der Waals surface area contributed by atoms with Crippen molar-refractivity contribution in [1.82, 2.24) is 0 Å². The van der Waals surface area contributed by atoms with Crippen LogP contribution in [0.1, 0.15) is 20.3 Å². The highest BCUT2D eigenvalue weighted by molar-refractivity contribution is 6.55. The van der Waals surface area contributed by atoms with E-state index in [2.05, 4.69) is 5.16 Å². The molecule has 0 aliphatic carbocycles. The molecule has 0 aliphatic heterocycles. The summed E-state index contributed by atoms with van der Waals surface area (Å²) < 4.78 is 24.6. The van der Waals surface area contributed by atoms with Gasteiger partial charge in [-0.1, -0.05) is 40.0 Å². The van der Waals surface area contributed by atoms with Gasteiger partial charge in [0.2, 0.25) is 0 Å². The largest absolute Gasteiger partial charge is 0.489 e. The predicted octanol–water partition coefficient (Wildman–Crippen LogP) is 5.36. The maximum Gasteiger partial charge on any atom is 0.173 e. The van der Waals surface area contributed by atoms with Crippen molar-refractivity contribution >= 4 is 40.5 Å². The zero-order chi connectivity index (χ0) is 17.2. The number of nitrogens with zero attached hydrogens (tertiary/aromatic N) is 1. The minimum Gasteiger partial charge on any atom is -0.489 e. The van der Waals surface area contributed by atoms with E-state index in [0.29, 0.717) is 13.0 Å². The lowest BCUT2D eigenvalue weighted by Gasteiger charge is -2.11. The number of benzene rings is 1. The van der Waals surface area contributed by atoms with Crippen LogP contribution in [-0.2, 0) is 4.84 Å². The van der Waals surface area contributed by atoms with Crippen LogP contribution in [0.25, 0.3) is 0 Å². The van der Waals surface area contributed by atoms with Gasteiger partial charge in [-0.3, -0.25) is 0 Å². The minimum absolute atomic E-state index is 0.0277. The first kappa shape index (κ1) is 19.9. The molecular weight excluding hydrogens is 368 g/mol. The molecule has 0 amide bonds. The molecule has 0 aromatic heterocycles. The van der Waals surface area contributed by atoms with E-state index >= 15 is 0 Å². The number of halogens is 4. The fourth-order valence-electron chi connectivity index (χ4n) is 1.43. The van der Waals surface area contributed by atoms with Crippen LogP contribution in [-0.4, -0.2) is 25.5 Å². The van der Waals surface area contributed by atoms with Gasteiger partial charge >= 0.3 is 0 Å².